The maximum absolute atomic E-state index is 9.75. The number of aryl methyl sites for hydroxylation is 1. The maximum atomic E-state index is 9.75. The second-order valence-electron chi connectivity index (χ2n) is 2.26. The molecule has 0 aliphatic carbocycles. The van der Waals surface area contributed by atoms with Crippen molar-refractivity contribution in [3.8, 4) is 0 Å². The van der Waals surface area contributed by atoms with Gasteiger partial charge in [0.05, 0.1) is 0 Å². The van der Waals surface area contributed by atoms with Crippen molar-refractivity contribution >= 4 is 7.25 Å². The molecule has 0 saturated heterocycles. The first kappa shape index (κ1) is 12.0. The van der Waals surface area contributed by atoms with Crippen LogP contribution in [0.5, 0.6) is 0 Å². The van der Waals surface area contributed by atoms with Gasteiger partial charge in [0.2, 0.25) is 0 Å². The highest BCUT2D eigenvalue weighted by molar-refractivity contribution is 6.50. The van der Waals surface area contributed by atoms with E-state index in [1.807, 2.05) is 18.2 Å². The van der Waals surface area contributed by atoms with Gasteiger partial charge in [-0.2, -0.15) is 0 Å². The summed E-state index contributed by atoms with van der Waals surface area (Å²) >= 11 is 0. The van der Waals surface area contributed by atoms with Gasteiger partial charge < -0.3 is 17.3 Å². The van der Waals surface area contributed by atoms with E-state index in [2.05, 4.69) is 19.1 Å². The van der Waals surface area contributed by atoms with Crippen LogP contribution in [0.2, 0.25) is 0 Å². The Hall–Kier alpha value is -0.995. The fraction of sp³-hybridized carbons (Fsp3) is 0.250. The van der Waals surface area contributed by atoms with E-state index in [0.29, 0.717) is 0 Å². The number of rotatable bonds is 1. The van der Waals surface area contributed by atoms with Gasteiger partial charge >= 0.3 is 7.25 Å². The molecular weight excluding hydrogens is 183 g/mol. The SMILES string of the molecule is CCc1c[c]ccc1.F[B-](F)(F)F. The summed E-state index contributed by atoms with van der Waals surface area (Å²) in [6.45, 7) is 2.14. The monoisotopic (exact) mass is 192 g/mol. The van der Waals surface area contributed by atoms with Gasteiger partial charge in [-0.1, -0.05) is 31.2 Å². The lowest BCUT2D eigenvalue weighted by Gasteiger charge is -1.94. The molecule has 0 fully saturated rings. The molecule has 0 atom stereocenters. The second-order valence-corrected chi connectivity index (χ2v) is 2.26. The van der Waals surface area contributed by atoms with E-state index in [1.54, 1.807) is 0 Å². The largest absolute Gasteiger partial charge is 0.673 e. The van der Waals surface area contributed by atoms with Gasteiger partial charge in [0.1, 0.15) is 0 Å². The van der Waals surface area contributed by atoms with Crippen LogP contribution in [0.15, 0.2) is 24.3 Å². The van der Waals surface area contributed by atoms with Crippen molar-refractivity contribution in [2.45, 2.75) is 13.3 Å². The molecule has 1 rings (SSSR count). The molecule has 0 N–H and O–H groups in total. The molecule has 0 amide bonds. The van der Waals surface area contributed by atoms with Crippen molar-refractivity contribution in [2.24, 2.45) is 0 Å². The van der Waals surface area contributed by atoms with Crippen LogP contribution in [-0.4, -0.2) is 7.25 Å². The molecule has 0 spiro atoms. The molecular formula is C8H9BF4-. The zero-order valence-electron chi connectivity index (χ0n) is 7.11. The predicted molar refractivity (Wildman–Crippen MR) is 44.8 cm³/mol. The fourth-order valence-corrected chi connectivity index (χ4v) is 0.650. The summed E-state index contributed by atoms with van der Waals surface area (Å²) in [7, 11) is -6.00. The topological polar surface area (TPSA) is 0 Å². The summed E-state index contributed by atoms with van der Waals surface area (Å²) in [5.74, 6) is 0. The Balaban J connectivity index is 0.000000252. The first-order valence-electron chi connectivity index (χ1n) is 3.75. The lowest BCUT2D eigenvalue weighted by atomic mass is 10.2. The first-order valence-corrected chi connectivity index (χ1v) is 3.75. The average Bonchev–Trinajstić information content (AvgIpc) is 2.03. The van der Waals surface area contributed by atoms with Crippen LogP contribution in [0.3, 0.4) is 0 Å². The van der Waals surface area contributed by atoms with Crippen molar-refractivity contribution in [2.75, 3.05) is 0 Å². The van der Waals surface area contributed by atoms with Crippen LogP contribution < -0.4 is 0 Å². The van der Waals surface area contributed by atoms with Crippen molar-refractivity contribution < 1.29 is 17.3 Å². The van der Waals surface area contributed by atoms with Crippen LogP contribution in [0.1, 0.15) is 12.5 Å². The Morgan fingerprint density at radius 2 is 1.85 bits per heavy atom. The highest BCUT2D eigenvalue weighted by Gasteiger charge is 2.20. The van der Waals surface area contributed by atoms with Gasteiger partial charge in [0, 0.05) is 0 Å². The Morgan fingerprint density at radius 1 is 1.31 bits per heavy atom. The smallest absolute Gasteiger partial charge is 0.418 e. The third-order valence-corrected chi connectivity index (χ3v) is 1.18. The van der Waals surface area contributed by atoms with Crippen molar-refractivity contribution in [3.05, 3.63) is 35.9 Å². The first-order chi connectivity index (χ1) is 5.93. The molecule has 0 aliphatic heterocycles. The molecule has 1 aromatic carbocycles. The second kappa shape index (κ2) is 5.62. The van der Waals surface area contributed by atoms with Gasteiger partial charge in [0.15, 0.2) is 0 Å². The van der Waals surface area contributed by atoms with Crippen molar-refractivity contribution in [1.82, 2.24) is 0 Å². The number of benzene rings is 1. The minimum absolute atomic E-state index is 1.11. The molecule has 5 heteroatoms. The van der Waals surface area contributed by atoms with Gasteiger partial charge in [0.25, 0.3) is 0 Å². The van der Waals surface area contributed by atoms with Crippen LogP contribution in [0, 0.1) is 6.07 Å². The molecule has 73 valence electrons. The average molecular weight is 192 g/mol. The lowest BCUT2D eigenvalue weighted by molar-refractivity contribution is 0.368. The van der Waals surface area contributed by atoms with E-state index < -0.39 is 7.25 Å². The van der Waals surface area contributed by atoms with E-state index in [1.165, 1.54) is 5.56 Å². The molecule has 0 bridgehead atoms. The molecule has 0 saturated carbocycles. The minimum Gasteiger partial charge on any atom is -0.418 e. The number of hydrogen-bond acceptors (Lipinski definition) is 0. The van der Waals surface area contributed by atoms with Gasteiger partial charge in [-0.25, -0.2) is 0 Å². The lowest BCUT2D eigenvalue weighted by Crippen LogP contribution is -2.02. The Bertz CT molecular complexity index is 213. The van der Waals surface area contributed by atoms with Gasteiger partial charge in [-0.3, -0.25) is 0 Å². The third kappa shape index (κ3) is 11.0. The molecule has 13 heavy (non-hydrogen) atoms. The van der Waals surface area contributed by atoms with Crippen LogP contribution in [-0.2, 0) is 6.42 Å². The van der Waals surface area contributed by atoms with Crippen LogP contribution in [0.4, 0.5) is 17.3 Å². The van der Waals surface area contributed by atoms with Crippen molar-refractivity contribution in [1.29, 1.82) is 0 Å². The summed E-state index contributed by atoms with van der Waals surface area (Å²) in [5.41, 5.74) is 1.35. The molecule has 0 aromatic heterocycles. The summed E-state index contributed by atoms with van der Waals surface area (Å²) in [4.78, 5) is 0. The molecule has 0 heterocycles. The minimum atomic E-state index is -6.00. The normalized spacial score (nSPS) is 10.2. The summed E-state index contributed by atoms with van der Waals surface area (Å²) in [5, 5.41) is 0. The van der Waals surface area contributed by atoms with E-state index in [9.17, 15) is 17.3 Å². The highest BCUT2D eigenvalue weighted by atomic mass is 19.5. The summed E-state index contributed by atoms with van der Waals surface area (Å²) in [6.07, 6.45) is 1.11. The fourth-order valence-electron chi connectivity index (χ4n) is 0.650. The molecule has 1 aromatic rings. The van der Waals surface area contributed by atoms with E-state index >= 15 is 0 Å². The van der Waals surface area contributed by atoms with Crippen LogP contribution in [0.25, 0.3) is 0 Å². The van der Waals surface area contributed by atoms with Crippen molar-refractivity contribution in [3.63, 3.8) is 0 Å². The highest BCUT2D eigenvalue weighted by Crippen LogP contribution is 2.06. The Labute approximate surface area is 74.7 Å². The van der Waals surface area contributed by atoms with Crippen LogP contribution >= 0.6 is 0 Å². The molecule has 1 radical (unpaired) electrons. The summed E-state index contributed by atoms with van der Waals surface area (Å²) < 4.78 is 39.0. The van der Waals surface area contributed by atoms with Gasteiger partial charge in [-0.05, 0) is 18.1 Å². The number of halogens is 4. The number of hydrogen-bond donors (Lipinski definition) is 0. The quantitative estimate of drug-likeness (QED) is 0.472. The Morgan fingerprint density at radius 3 is 2.08 bits per heavy atom. The zero-order chi connectivity index (χ0) is 10.3. The van der Waals surface area contributed by atoms with E-state index in [4.69, 9.17) is 0 Å². The molecule has 0 aliphatic rings. The third-order valence-electron chi connectivity index (χ3n) is 1.18. The summed E-state index contributed by atoms with van der Waals surface area (Å²) in [6, 6.07) is 11.1. The Kier molecular flexibility index (Phi) is 5.19. The van der Waals surface area contributed by atoms with Gasteiger partial charge in [-0.15, -0.1) is 0 Å². The zero-order valence-corrected chi connectivity index (χ0v) is 7.11. The molecule has 0 nitrogen and oxygen atoms in total. The van der Waals surface area contributed by atoms with E-state index in [0.717, 1.165) is 6.42 Å². The standard InChI is InChI=1S/C8H9.BF4/c1-2-8-6-4-3-5-7-8;2-1(3,4)5/h3-4,6-7H,2H2,1H3;/q;-1. The van der Waals surface area contributed by atoms with E-state index in [-0.39, 0.29) is 0 Å². The maximum Gasteiger partial charge on any atom is 0.673 e. The predicted octanol–water partition coefficient (Wildman–Crippen LogP) is 3.35. The molecule has 0 unspecified atom stereocenters.